The summed E-state index contributed by atoms with van der Waals surface area (Å²) >= 11 is 0. The predicted octanol–water partition coefficient (Wildman–Crippen LogP) is 12.0. The van der Waals surface area contributed by atoms with Crippen molar-refractivity contribution in [3.63, 3.8) is 0 Å². The highest BCUT2D eigenvalue weighted by Crippen LogP contribution is 2.33. The standard InChI is InChI=1S/C49H33N5/c1-5-16-34(17-6-1)44-33-45(51-46(50-44)35-18-7-2-8-19-35)42-28-14-26-40(31-42)38-24-13-25-39(30-38)41-27-15-29-43(32-41)49-53-47(36-20-9-3-10-21-36)52-48(54-49)37-22-11-4-12-23-37/h1-33H. The summed E-state index contributed by atoms with van der Waals surface area (Å²) in [6.45, 7) is 0. The van der Waals surface area contributed by atoms with Gasteiger partial charge in [-0.3, -0.25) is 0 Å². The largest absolute Gasteiger partial charge is 0.228 e. The minimum absolute atomic E-state index is 0.628. The Labute approximate surface area is 314 Å². The Morgan fingerprint density at radius 3 is 0.907 bits per heavy atom. The summed E-state index contributed by atoms with van der Waals surface area (Å²) in [5.74, 6) is 2.61. The summed E-state index contributed by atoms with van der Waals surface area (Å²) in [4.78, 5) is 24.8. The maximum absolute atomic E-state index is 5.06. The Bertz CT molecular complexity index is 2400. The Balaban J connectivity index is 1.08. The second kappa shape index (κ2) is 14.7. The fourth-order valence-electron chi connectivity index (χ4n) is 6.58. The van der Waals surface area contributed by atoms with Crippen LogP contribution in [0.1, 0.15) is 0 Å². The van der Waals surface area contributed by atoms with Crippen molar-refractivity contribution >= 4 is 0 Å². The van der Waals surface area contributed by atoms with Crippen LogP contribution in [0.15, 0.2) is 200 Å². The molecule has 0 atom stereocenters. The molecule has 0 spiro atoms. The molecule has 0 aliphatic heterocycles. The first-order valence-corrected chi connectivity index (χ1v) is 17.9. The van der Waals surface area contributed by atoms with Crippen LogP contribution in [-0.4, -0.2) is 24.9 Å². The van der Waals surface area contributed by atoms with E-state index in [4.69, 9.17) is 24.9 Å². The first kappa shape index (κ1) is 32.5. The zero-order valence-corrected chi connectivity index (χ0v) is 29.3. The van der Waals surface area contributed by atoms with Gasteiger partial charge >= 0.3 is 0 Å². The number of rotatable bonds is 8. The van der Waals surface area contributed by atoms with Gasteiger partial charge in [0.25, 0.3) is 0 Å². The monoisotopic (exact) mass is 691 g/mol. The van der Waals surface area contributed by atoms with E-state index < -0.39 is 0 Å². The summed E-state index contributed by atoms with van der Waals surface area (Å²) in [6.07, 6.45) is 0. The molecule has 0 amide bonds. The lowest BCUT2D eigenvalue weighted by Crippen LogP contribution is -2.00. The van der Waals surface area contributed by atoms with E-state index >= 15 is 0 Å². The number of benzene rings is 7. The second-order valence-electron chi connectivity index (χ2n) is 13.0. The molecule has 0 unspecified atom stereocenters. The van der Waals surface area contributed by atoms with Gasteiger partial charge in [-0.25, -0.2) is 24.9 Å². The molecule has 0 saturated carbocycles. The van der Waals surface area contributed by atoms with Crippen LogP contribution in [0, 0.1) is 0 Å². The van der Waals surface area contributed by atoms with Crippen molar-refractivity contribution < 1.29 is 0 Å². The van der Waals surface area contributed by atoms with Gasteiger partial charge in [-0.2, -0.15) is 0 Å². The maximum atomic E-state index is 5.06. The van der Waals surface area contributed by atoms with Gasteiger partial charge in [-0.1, -0.05) is 176 Å². The van der Waals surface area contributed by atoms with Crippen LogP contribution in [0.3, 0.4) is 0 Å². The van der Waals surface area contributed by atoms with Gasteiger partial charge in [0.2, 0.25) is 0 Å². The molecule has 0 aliphatic carbocycles. The van der Waals surface area contributed by atoms with Gasteiger partial charge in [0, 0.05) is 33.4 Å². The van der Waals surface area contributed by atoms with E-state index in [9.17, 15) is 0 Å². The lowest BCUT2D eigenvalue weighted by atomic mass is 9.96. The van der Waals surface area contributed by atoms with Gasteiger partial charge in [0.1, 0.15) is 0 Å². The molecule has 0 saturated heterocycles. The highest BCUT2D eigenvalue weighted by Gasteiger charge is 2.14. The van der Waals surface area contributed by atoms with Gasteiger partial charge < -0.3 is 0 Å². The molecule has 0 bridgehead atoms. The summed E-state index contributed by atoms with van der Waals surface area (Å²) in [7, 11) is 0. The highest BCUT2D eigenvalue weighted by molar-refractivity contribution is 5.79. The summed E-state index contributed by atoms with van der Waals surface area (Å²) in [5, 5.41) is 0. The molecule has 0 radical (unpaired) electrons. The van der Waals surface area contributed by atoms with Crippen molar-refractivity contribution in [2.45, 2.75) is 0 Å². The molecule has 2 heterocycles. The average Bonchev–Trinajstić information content (AvgIpc) is 3.27. The van der Waals surface area contributed by atoms with Gasteiger partial charge in [0.15, 0.2) is 23.3 Å². The molecule has 9 rings (SSSR count). The van der Waals surface area contributed by atoms with E-state index in [1.807, 2.05) is 97.1 Å². The minimum Gasteiger partial charge on any atom is -0.228 e. The van der Waals surface area contributed by atoms with Crippen LogP contribution in [0.4, 0.5) is 0 Å². The summed E-state index contributed by atoms with van der Waals surface area (Å²) < 4.78 is 0. The molecular weight excluding hydrogens is 659 g/mol. The van der Waals surface area contributed by atoms with Crippen molar-refractivity contribution in [2.75, 3.05) is 0 Å². The van der Waals surface area contributed by atoms with Gasteiger partial charge in [-0.05, 0) is 46.5 Å². The lowest BCUT2D eigenvalue weighted by molar-refractivity contribution is 1.07. The number of hydrogen-bond donors (Lipinski definition) is 0. The van der Waals surface area contributed by atoms with Crippen molar-refractivity contribution in [2.24, 2.45) is 0 Å². The zero-order valence-electron chi connectivity index (χ0n) is 29.3. The third-order valence-electron chi connectivity index (χ3n) is 9.34. The van der Waals surface area contributed by atoms with E-state index in [-0.39, 0.29) is 0 Å². The van der Waals surface area contributed by atoms with E-state index in [0.29, 0.717) is 23.3 Å². The van der Waals surface area contributed by atoms with Gasteiger partial charge in [-0.15, -0.1) is 0 Å². The Hall–Kier alpha value is -7.37. The van der Waals surface area contributed by atoms with E-state index in [0.717, 1.165) is 67.0 Å². The second-order valence-corrected chi connectivity index (χ2v) is 13.0. The minimum atomic E-state index is 0.628. The summed E-state index contributed by atoms with van der Waals surface area (Å²) in [5.41, 5.74) is 12.0. The van der Waals surface area contributed by atoms with Crippen LogP contribution in [-0.2, 0) is 0 Å². The predicted molar refractivity (Wildman–Crippen MR) is 219 cm³/mol. The number of nitrogens with zero attached hydrogens (tertiary/aromatic N) is 5. The Morgan fingerprint density at radius 1 is 0.185 bits per heavy atom. The molecule has 54 heavy (non-hydrogen) atoms. The zero-order chi connectivity index (χ0) is 36.1. The molecule has 7 aromatic carbocycles. The van der Waals surface area contributed by atoms with Crippen LogP contribution in [0.25, 0.3) is 90.3 Å². The smallest absolute Gasteiger partial charge is 0.164 e. The Morgan fingerprint density at radius 2 is 0.463 bits per heavy atom. The fraction of sp³-hybridized carbons (Fsp3) is 0. The van der Waals surface area contributed by atoms with E-state index in [1.165, 1.54) is 0 Å². The van der Waals surface area contributed by atoms with Crippen LogP contribution >= 0.6 is 0 Å². The molecule has 5 heteroatoms. The van der Waals surface area contributed by atoms with E-state index in [2.05, 4.69) is 103 Å². The molecule has 2 aromatic heterocycles. The quantitative estimate of drug-likeness (QED) is 0.159. The lowest BCUT2D eigenvalue weighted by Gasteiger charge is -2.12. The maximum Gasteiger partial charge on any atom is 0.164 e. The van der Waals surface area contributed by atoms with Crippen molar-refractivity contribution in [1.29, 1.82) is 0 Å². The van der Waals surface area contributed by atoms with Crippen molar-refractivity contribution in [1.82, 2.24) is 24.9 Å². The molecule has 9 aromatic rings. The SMILES string of the molecule is c1ccc(-c2cc(-c3cccc(-c4cccc(-c5cccc(-c6nc(-c7ccccc7)nc(-c7ccccc7)n6)c5)c4)c3)nc(-c3ccccc3)n2)cc1. The first-order chi connectivity index (χ1) is 26.7. The molecular formula is C49H33N5. The number of hydrogen-bond acceptors (Lipinski definition) is 5. The van der Waals surface area contributed by atoms with E-state index in [1.54, 1.807) is 0 Å². The van der Waals surface area contributed by atoms with Crippen LogP contribution in [0.5, 0.6) is 0 Å². The third kappa shape index (κ3) is 6.94. The molecule has 0 N–H and O–H groups in total. The first-order valence-electron chi connectivity index (χ1n) is 17.9. The number of aromatic nitrogens is 5. The van der Waals surface area contributed by atoms with Crippen molar-refractivity contribution in [3.05, 3.63) is 200 Å². The molecule has 5 nitrogen and oxygen atoms in total. The molecule has 0 aliphatic rings. The highest BCUT2D eigenvalue weighted by atomic mass is 15.0. The van der Waals surface area contributed by atoms with Crippen LogP contribution in [0.2, 0.25) is 0 Å². The van der Waals surface area contributed by atoms with Crippen molar-refractivity contribution in [3.8, 4) is 90.3 Å². The molecule has 0 fully saturated rings. The molecule has 254 valence electrons. The summed E-state index contributed by atoms with van der Waals surface area (Å²) in [6, 6.07) is 68.3. The third-order valence-corrected chi connectivity index (χ3v) is 9.34. The van der Waals surface area contributed by atoms with Gasteiger partial charge in [0.05, 0.1) is 11.4 Å². The topological polar surface area (TPSA) is 64.5 Å². The average molecular weight is 692 g/mol. The normalized spacial score (nSPS) is 11.0. The van der Waals surface area contributed by atoms with Crippen LogP contribution < -0.4 is 0 Å². The fourth-order valence-corrected chi connectivity index (χ4v) is 6.58. The Kier molecular flexibility index (Phi) is 8.86.